The van der Waals surface area contributed by atoms with Crippen molar-refractivity contribution >= 4 is 61.3 Å². The number of pyridine rings is 1. The van der Waals surface area contributed by atoms with Gasteiger partial charge < -0.3 is 0 Å². The minimum Gasteiger partial charge on any atom is -0.247 e. The first-order chi connectivity index (χ1) is 27.3. The molecule has 0 aliphatic rings. The van der Waals surface area contributed by atoms with Gasteiger partial charge in [0.05, 0.1) is 11.2 Å². The summed E-state index contributed by atoms with van der Waals surface area (Å²) in [5.74, 6) is 0. The molecule has 0 fully saturated rings. The minimum atomic E-state index is -2.55. The molecule has 9 aromatic carbocycles. The van der Waals surface area contributed by atoms with E-state index in [1.807, 2.05) is 0 Å². The summed E-state index contributed by atoms with van der Waals surface area (Å²) in [6.45, 7) is 0. The quantitative estimate of drug-likeness (QED) is 0.0909. The van der Waals surface area contributed by atoms with Crippen molar-refractivity contribution in [1.29, 1.82) is 0 Å². The molecular weight excluding hydrogens is 679 g/mol. The predicted molar refractivity (Wildman–Crippen MR) is 237 cm³/mol. The van der Waals surface area contributed by atoms with Crippen LogP contribution in [0.25, 0.3) is 66.0 Å². The maximum atomic E-state index is 5.20. The molecule has 0 amide bonds. The molecule has 10 aromatic rings. The molecule has 55 heavy (non-hydrogen) atoms. The zero-order chi connectivity index (χ0) is 36.6. The third-order valence-electron chi connectivity index (χ3n) is 11.2. The van der Waals surface area contributed by atoms with Gasteiger partial charge in [0, 0.05) is 21.7 Å². The Bertz CT molecular complexity index is 2810. The van der Waals surface area contributed by atoms with Crippen LogP contribution in [0.3, 0.4) is 0 Å². The van der Waals surface area contributed by atoms with E-state index in [2.05, 4.69) is 224 Å². The Morgan fingerprint density at radius 3 is 1.20 bits per heavy atom. The molecule has 258 valence electrons. The number of rotatable bonds is 7. The van der Waals surface area contributed by atoms with Crippen LogP contribution in [-0.4, -0.2) is 13.1 Å². The van der Waals surface area contributed by atoms with Crippen LogP contribution in [0.5, 0.6) is 0 Å². The lowest BCUT2D eigenvalue weighted by Gasteiger charge is -2.34. The van der Waals surface area contributed by atoms with Crippen LogP contribution in [-0.2, 0) is 0 Å². The first kappa shape index (κ1) is 32.8. The van der Waals surface area contributed by atoms with E-state index < -0.39 is 8.07 Å². The highest BCUT2D eigenvalue weighted by Gasteiger charge is 2.41. The molecule has 0 aliphatic heterocycles. The minimum absolute atomic E-state index is 1.02. The maximum absolute atomic E-state index is 5.20. The highest BCUT2D eigenvalue weighted by molar-refractivity contribution is 7.19. The number of aromatic nitrogens is 1. The van der Waals surface area contributed by atoms with Gasteiger partial charge in [-0.2, -0.15) is 0 Å². The molecule has 0 spiro atoms. The van der Waals surface area contributed by atoms with Gasteiger partial charge in [0.1, 0.15) is 0 Å². The standard InChI is InChI=1S/C53H37NSi/c1-4-15-44(16-5-1)55(45-17-6-2-7-18-45,46-19-8-3-9-20-46)47-35-32-41(33-36-47)39-26-24-38(25-27-39)40-28-30-43(31-29-40)53-50-37-34-42-14-10-11-21-48(42)52(50)49-22-12-13-23-51(49)54-53/h1-37H. The predicted octanol–water partition coefficient (Wildman–Crippen LogP) is 10.9. The molecular formula is C53H37NSi. The summed E-state index contributed by atoms with van der Waals surface area (Å²) in [4.78, 5) is 5.20. The summed E-state index contributed by atoms with van der Waals surface area (Å²) in [7, 11) is -2.55. The third-order valence-corrected chi connectivity index (χ3v) is 16.0. The Hall–Kier alpha value is -6.87. The largest absolute Gasteiger partial charge is 0.247 e. The van der Waals surface area contributed by atoms with Gasteiger partial charge >= 0.3 is 0 Å². The maximum Gasteiger partial charge on any atom is 0.179 e. The molecule has 0 saturated heterocycles. The molecule has 1 heterocycles. The van der Waals surface area contributed by atoms with E-state index in [1.54, 1.807) is 0 Å². The summed E-state index contributed by atoms with van der Waals surface area (Å²) >= 11 is 0. The monoisotopic (exact) mass is 715 g/mol. The summed E-state index contributed by atoms with van der Waals surface area (Å²) in [6, 6.07) is 82.1. The zero-order valence-electron chi connectivity index (χ0n) is 30.3. The molecule has 0 aliphatic carbocycles. The number of benzene rings is 9. The Kier molecular flexibility index (Phi) is 8.24. The molecule has 10 rings (SSSR count). The van der Waals surface area contributed by atoms with Crippen molar-refractivity contribution in [2.24, 2.45) is 0 Å². The topological polar surface area (TPSA) is 12.9 Å². The smallest absolute Gasteiger partial charge is 0.179 e. The van der Waals surface area contributed by atoms with Gasteiger partial charge in [-0.3, -0.25) is 0 Å². The zero-order valence-corrected chi connectivity index (χ0v) is 31.3. The van der Waals surface area contributed by atoms with E-state index in [-0.39, 0.29) is 0 Å². The number of hydrogen-bond donors (Lipinski definition) is 0. The molecule has 0 unspecified atom stereocenters. The van der Waals surface area contributed by atoms with Crippen molar-refractivity contribution in [3.05, 3.63) is 224 Å². The van der Waals surface area contributed by atoms with Crippen LogP contribution in [0, 0.1) is 0 Å². The van der Waals surface area contributed by atoms with E-state index in [0.29, 0.717) is 0 Å². The van der Waals surface area contributed by atoms with Gasteiger partial charge in [-0.15, -0.1) is 0 Å². The molecule has 2 heteroatoms. The second kappa shape index (κ2) is 13.8. The van der Waals surface area contributed by atoms with Gasteiger partial charge in [-0.1, -0.05) is 218 Å². The van der Waals surface area contributed by atoms with Crippen molar-refractivity contribution < 1.29 is 0 Å². The van der Waals surface area contributed by atoms with Crippen molar-refractivity contribution in [2.75, 3.05) is 0 Å². The normalized spacial score (nSPS) is 11.6. The van der Waals surface area contributed by atoms with Crippen LogP contribution in [0.1, 0.15) is 0 Å². The first-order valence-electron chi connectivity index (χ1n) is 19.0. The summed E-state index contributed by atoms with van der Waals surface area (Å²) < 4.78 is 0. The van der Waals surface area contributed by atoms with Crippen molar-refractivity contribution in [2.45, 2.75) is 0 Å². The highest BCUT2D eigenvalue weighted by Crippen LogP contribution is 2.37. The van der Waals surface area contributed by atoms with E-state index in [1.165, 1.54) is 69.9 Å². The summed E-state index contributed by atoms with van der Waals surface area (Å²) in [6.07, 6.45) is 0. The number of hydrogen-bond acceptors (Lipinski definition) is 1. The second-order valence-corrected chi connectivity index (χ2v) is 18.1. The second-order valence-electron chi connectivity index (χ2n) is 14.3. The lowest BCUT2D eigenvalue weighted by Crippen LogP contribution is -2.74. The van der Waals surface area contributed by atoms with Gasteiger partial charge in [-0.05, 0) is 59.8 Å². The van der Waals surface area contributed by atoms with Crippen LogP contribution in [0.2, 0.25) is 0 Å². The van der Waals surface area contributed by atoms with Gasteiger partial charge in [0.2, 0.25) is 0 Å². The Morgan fingerprint density at radius 1 is 0.273 bits per heavy atom. The van der Waals surface area contributed by atoms with E-state index >= 15 is 0 Å². The first-order valence-corrected chi connectivity index (χ1v) is 21.0. The summed E-state index contributed by atoms with van der Waals surface area (Å²) in [5.41, 5.74) is 7.95. The van der Waals surface area contributed by atoms with Crippen LogP contribution in [0.4, 0.5) is 0 Å². The number of nitrogens with zero attached hydrogens (tertiary/aromatic N) is 1. The molecule has 0 radical (unpaired) electrons. The fourth-order valence-electron chi connectivity index (χ4n) is 8.60. The lowest BCUT2D eigenvalue weighted by molar-refractivity contribution is 1.43. The van der Waals surface area contributed by atoms with Crippen LogP contribution >= 0.6 is 0 Å². The average Bonchev–Trinajstić information content (AvgIpc) is 3.28. The number of para-hydroxylation sites is 1. The third kappa shape index (κ3) is 5.67. The van der Waals surface area contributed by atoms with Gasteiger partial charge in [0.15, 0.2) is 8.07 Å². The number of fused-ring (bicyclic) bond motifs is 5. The molecule has 0 saturated carbocycles. The van der Waals surface area contributed by atoms with Crippen LogP contribution < -0.4 is 20.7 Å². The fourth-order valence-corrected chi connectivity index (χ4v) is 13.3. The van der Waals surface area contributed by atoms with Crippen molar-refractivity contribution in [3.8, 4) is 33.5 Å². The fraction of sp³-hybridized carbons (Fsp3) is 0. The summed E-state index contributed by atoms with van der Waals surface area (Å²) in [5, 5.41) is 11.7. The molecule has 0 atom stereocenters. The Labute approximate surface area is 322 Å². The Balaban J connectivity index is 0.983. The van der Waals surface area contributed by atoms with Gasteiger partial charge in [0.25, 0.3) is 0 Å². The van der Waals surface area contributed by atoms with Crippen molar-refractivity contribution in [1.82, 2.24) is 4.98 Å². The molecule has 0 N–H and O–H groups in total. The Morgan fingerprint density at radius 2 is 0.673 bits per heavy atom. The molecule has 1 nitrogen and oxygen atoms in total. The molecule has 0 bridgehead atoms. The van der Waals surface area contributed by atoms with E-state index in [9.17, 15) is 0 Å². The van der Waals surface area contributed by atoms with Crippen molar-refractivity contribution in [3.63, 3.8) is 0 Å². The lowest BCUT2D eigenvalue weighted by atomic mass is 9.94. The SMILES string of the molecule is c1ccc([Si](c2ccccc2)(c2ccccc2)c2ccc(-c3ccc(-c4ccc(-c5nc6ccccc6c6c5ccc5ccccc56)cc4)cc3)cc2)cc1. The van der Waals surface area contributed by atoms with Crippen LogP contribution in [0.15, 0.2) is 224 Å². The van der Waals surface area contributed by atoms with E-state index in [4.69, 9.17) is 4.98 Å². The van der Waals surface area contributed by atoms with E-state index in [0.717, 1.165) is 16.8 Å². The molecule has 1 aromatic heterocycles. The average molecular weight is 716 g/mol. The van der Waals surface area contributed by atoms with Gasteiger partial charge in [-0.25, -0.2) is 4.98 Å². The highest BCUT2D eigenvalue weighted by atomic mass is 28.3.